The molecule has 0 fully saturated rings. The molecular weight excluding hydrogens is 248 g/mol. The number of benzene rings is 1. The van der Waals surface area contributed by atoms with Crippen molar-refractivity contribution in [1.29, 1.82) is 0 Å². The smallest absolute Gasteiger partial charge is 0.248 e. The molecule has 1 heterocycles. The van der Waals surface area contributed by atoms with E-state index in [0.717, 1.165) is 30.6 Å². The number of aryl methyl sites for hydroxylation is 3. The molecule has 0 saturated heterocycles. The van der Waals surface area contributed by atoms with E-state index >= 15 is 0 Å². The van der Waals surface area contributed by atoms with Crippen LogP contribution >= 0.6 is 0 Å². The number of H-pyrrole nitrogens is 1. The van der Waals surface area contributed by atoms with Gasteiger partial charge in [0.2, 0.25) is 5.56 Å². The van der Waals surface area contributed by atoms with Crippen LogP contribution in [-0.4, -0.2) is 4.98 Å². The van der Waals surface area contributed by atoms with Crippen molar-refractivity contribution >= 4 is 5.69 Å². The van der Waals surface area contributed by atoms with Gasteiger partial charge in [0.25, 0.3) is 0 Å². The molecule has 1 aliphatic rings. The molecule has 2 aromatic rings. The Morgan fingerprint density at radius 2 is 2.00 bits per heavy atom. The fourth-order valence-electron chi connectivity index (χ4n) is 2.88. The molecular formula is C17H20N2O. The Kier molecular flexibility index (Phi) is 3.35. The third-order valence-corrected chi connectivity index (χ3v) is 4.18. The van der Waals surface area contributed by atoms with E-state index in [4.69, 9.17) is 0 Å². The zero-order chi connectivity index (χ0) is 14.1. The van der Waals surface area contributed by atoms with Crippen molar-refractivity contribution in [1.82, 2.24) is 4.98 Å². The van der Waals surface area contributed by atoms with E-state index < -0.39 is 0 Å². The van der Waals surface area contributed by atoms with Crippen LogP contribution in [0.1, 0.15) is 41.3 Å². The number of hydrogen-bond acceptors (Lipinski definition) is 2. The van der Waals surface area contributed by atoms with Crippen molar-refractivity contribution in [3.05, 3.63) is 63.1 Å². The fourth-order valence-corrected chi connectivity index (χ4v) is 2.88. The molecule has 20 heavy (non-hydrogen) atoms. The molecule has 3 rings (SSSR count). The average Bonchev–Trinajstić information content (AvgIpc) is 2.43. The summed E-state index contributed by atoms with van der Waals surface area (Å²) in [5, 5.41) is 3.60. The zero-order valence-corrected chi connectivity index (χ0v) is 12.0. The average molecular weight is 268 g/mol. The summed E-state index contributed by atoms with van der Waals surface area (Å²) < 4.78 is 0. The fraction of sp³-hybridized carbons (Fsp3) is 0.353. The molecule has 1 unspecified atom stereocenters. The number of rotatable bonds is 2. The minimum Gasteiger partial charge on any atom is -0.378 e. The molecule has 3 nitrogen and oxygen atoms in total. The molecule has 0 aliphatic heterocycles. The van der Waals surface area contributed by atoms with Gasteiger partial charge < -0.3 is 10.3 Å². The lowest BCUT2D eigenvalue weighted by Crippen LogP contribution is -2.21. The van der Waals surface area contributed by atoms with E-state index in [1.165, 1.54) is 16.7 Å². The van der Waals surface area contributed by atoms with Crippen LogP contribution in [0.3, 0.4) is 0 Å². The highest BCUT2D eigenvalue weighted by Gasteiger charge is 2.20. The predicted octanol–water partition coefficient (Wildman–Crippen LogP) is 3.48. The standard InChI is InChI=1S/C17H20N2O/c1-11-6-7-13(10-12(11)2)18-15-4-3-5-16-14(15)8-9-17(20)19-16/h6-10,15,18H,3-5H2,1-2H3,(H,19,20). The van der Waals surface area contributed by atoms with Gasteiger partial charge in [-0.1, -0.05) is 6.07 Å². The van der Waals surface area contributed by atoms with E-state index in [0.29, 0.717) is 0 Å². The Morgan fingerprint density at radius 3 is 2.80 bits per heavy atom. The van der Waals surface area contributed by atoms with Crippen LogP contribution in [0, 0.1) is 13.8 Å². The van der Waals surface area contributed by atoms with Crippen LogP contribution in [0.15, 0.2) is 35.1 Å². The molecule has 0 amide bonds. The van der Waals surface area contributed by atoms with Crippen LogP contribution < -0.4 is 10.9 Å². The third-order valence-electron chi connectivity index (χ3n) is 4.18. The van der Waals surface area contributed by atoms with Crippen LogP contribution in [0.2, 0.25) is 0 Å². The molecule has 1 aromatic heterocycles. The van der Waals surface area contributed by atoms with Crippen LogP contribution in [0.5, 0.6) is 0 Å². The highest BCUT2D eigenvalue weighted by molar-refractivity contribution is 5.50. The number of nitrogens with one attached hydrogen (secondary N) is 2. The molecule has 104 valence electrons. The number of fused-ring (bicyclic) bond motifs is 1. The Balaban J connectivity index is 1.89. The van der Waals surface area contributed by atoms with E-state index in [-0.39, 0.29) is 11.6 Å². The van der Waals surface area contributed by atoms with Gasteiger partial charge >= 0.3 is 0 Å². The maximum atomic E-state index is 11.4. The Bertz CT molecular complexity index is 688. The lowest BCUT2D eigenvalue weighted by molar-refractivity contribution is 0.587. The van der Waals surface area contributed by atoms with E-state index in [9.17, 15) is 4.79 Å². The molecule has 1 aromatic carbocycles. The molecule has 0 radical (unpaired) electrons. The SMILES string of the molecule is Cc1ccc(NC2CCCc3[nH]c(=O)ccc32)cc1C. The van der Waals surface area contributed by atoms with Gasteiger partial charge in [-0.15, -0.1) is 0 Å². The Labute approximate surface area is 119 Å². The molecule has 0 spiro atoms. The van der Waals surface area contributed by atoms with Crippen molar-refractivity contribution in [3.63, 3.8) is 0 Å². The number of aromatic nitrogens is 1. The maximum Gasteiger partial charge on any atom is 0.248 e. The van der Waals surface area contributed by atoms with Gasteiger partial charge in [-0.3, -0.25) is 4.79 Å². The lowest BCUT2D eigenvalue weighted by atomic mass is 9.91. The topological polar surface area (TPSA) is 44.9 Å². The molecule has 2 N–H and O–H groups in total. The van der Waals surface area contributed by atoms with Crippen molar-refractivity contribution in [2.24, 2.45) is 0 Å². The molecule has 1 aliphatic carbocycles. The van der Waals surface area contributed by atoms with Crippen LogP contribution in [0.4, 0.5) is 5.69 Å². The van der Waals surface area contributed by atoms with Gasteiger partial charge in [0.05, 0.1) is 6.04 Å². The first-order valence-corrected chi connectivity index (χ1v) is 7.19. The van der Waals surface area contributed by atoms with E-state index in [1.807, 2.05) is 6.07 Å². The first kappa shape index (κ1) is 13.0. The maximum absolute atomic E-state index is 11.4. The molecule has 0 saturated carbocycles. The highest BCUT2D eigenvalue weighted by atomic mass is 16.1. The van der Waals surface area contributed by atoms with E-state index in [1.54, 1.807) is 6.07 Å². The largest absolute Gasteiger partial charge is 0.378 e. The monoisotopic (exact) mass is 268 g/mol. The van der Waals surface area contributed by atoms with Crippen molar-refractivity contribution in [2.45, 2.75) is 39.2 Å². The summed E-state index contributed by atoms with van der Waals surface area (Å²) in [7, 11) is 0. The lowest BCUT2D eigenvalue weighted by Gasteiger charge is -2.27. The quantitative estimate of drug-likeness (QED) is 0.875. The van der Waals surface area contributed by atoms with Crippen LogP contribution in [-0.2, 0) is 6.42 Å². The van der Waals surface area contributed by atoms with Crippen molar-refractivity contribution < 1.29 is 0 Å². The van der Waals surface area contributed by atoms with Gasteiger partial charge in [-0.25, -0.2) is 0 Å². The van der Waals surface area contributed by atoms with Gasteiger partial charge in [-0.2, -0.15) is 0 Å². The highest BCUT2D eigenvalue weighted by Crippen LogP contribution is 2.31. The Morgan fingerprint density at radius 1 is 1.15 bits per heavy atom. The first-order chi connectivity index (χ1) is 9.63. The summed E-state index contributed by atoms with van der Waals surface area (Å²) >= 11 is 0. The van der Waals surface area contributed by atoms with Gasteiger partial charge in [0, 0.05) is 17.4 Å². The minimum atomic E-state index is -0.00409. The molecule has 3 heteroatoms. The Hall–Kier alpha value is -2.03. The summed E-state index contributed by atoms with van der Waals surface area (Å²) in [6.45, 7) is 4.26. The normalized spacial score (nSPS) is 17.6. The number of pyridine rings is 1. The predicted molar refractivity (Wildman–Crippen MR) is 82.3 cm³/mol. The summed E-state index contributed by atoms with van der Waals surface area (Å²) in [5.41, 5.74) is 6.07. The summed E-state index contributed by atoms with van der Waals surface area (Å²) in [5.74, 6) is 0. The molecule has 0 bridgehead atoms. The minimum absolute atomic E-state index is 0.00409. The summed E-state index contributed by atoms with van der Waals surface area (Å²) in [6.07, 6.45) is 3.18. The van der Waals surface area contributed by atoms with Gasteiger partial charge in [0.15, 0.2) is 0 Å². The number of anilines is 1. The second-order valence-corrected chi connectivity index (χ2v) is 5.64. The van der Waals surface area contributed by atoms with Gasteiger partial charge in [0.1, 0.15) is 0 Å². The van der Waals surface area contributed by atoms with Crippen molar-refractivity contribution in [2.75, 3.05) is 5.32 Å². The summed E-state index contributed by atoms with van der Waals surface area (Å²) in [4.78, 5) is 14.4. The van der Waals surface area contributed by atoms with Crippen LogP contribution in [0.25, 0.3) is 0 Å². The second kappa shape index (κ2) is 5.16. The second-order valence-electron chi connectivity index (χ2n) is 5.64. The van der Waals surface area contributed by atoms with E-state index in [2.05, 4.69) is 42.3 Å². The number of hydrogen-bond donors (Lipinski definition) is 2. The summed E-state index contributed by atoms with van der Waals surface area (Å²) in [6, 6.07) is 10.3. The van der Waals surface area contributed by atoms with Gasteiger partial charge in [-0.05, 0) is 68.0 Å². The van der Waals surface area contributed by atoms with Crippen molar-refractivity contribution in [3.8, 4) is 0 Å². The third kappa shape index (κ3) is 2.48. The molecule has 1 atom stereocenters. The zero-order valence-electron chi connectivity index (χ0n) is 12.0. The first-order valence-electron chi connectivity index (χ1n) is 7.19. The number of aromatic amines is 1.